The summed E-state index contributed by atoms with van der Waals surface area (Å²) < 4.78 is 46.8. The van der Waals surface area contributed by atoms with E-state index in [1.165, 1.54) is 0 Å². The van der Waals surface area contributed by atoms with Gasteiger partial charge in [-0.2, -0.15) is 0 Å². The molecule has 0 bridgehead atoms. The first-order chi connectivity index (χ1) is 8.40. The van der Waals surface area contributed by atoms with Gasteiger partial charge in [0.2, 0.25) is 0 Å². The van der Waals surface area contributed by atoms with Gasteiger partial charge in [-0.3, -0.25) is 0 Å². The van der Waals surface area contributed by atoms with Crippen molar-refractivity contribution in [2.24, 2.45) is 0 Å². The van der Waals surface area contributed by atoms with Gasteiger partial charge in [0.1, 0.15) is 5.75 Å². The number of benzene rings is 1. The summed E-state index contributed by atoms with van der Waals surface area (Å²) in [6, 6.07) is -2.48. The number of carbonyl (C=O) groups excluding carboxylic acids is 1. The third kappa shape index (κ3) is 3.60. The number of carbonyl (C=O) groups is 1. The van der Waals surface area contributed by atoms with E-state index >= 15 is 0 Å². The standard InChI is InChI=1S/C10H12O3/c1-2-12-10(11)8-13-9-6-4-3-5-7-9/h3-7H,2,8H2,1H3/i3D,4D,5D,6D,7D. The molecule has 0 amide bonds. The Kier molecular flexibility index (Phi) is 1.86. The zero-order valence-electron chi connectivity index (χ0n) is 12.1. The van der Waals surface area contributed by atoms with E-state index in [9.17, 15) is 4.79 Å². The predicted molar refractivity (Wildman–Crippen MR) is 48.6 cm³/mol. The summed E-state index contributed by atoms with van der Waals surface area (Å²) >= 11 is 0. The highest BCUT2D eigenvalue weighted by atomic mass is 16.6. The molecule has 70 valence electrons. The number of hydrogen-bond acceptors (Lipinski definition) is 3. The zero-order chi connectivity index (χ0) is 13.9. The van der Waals surface area contributed by atoms with E-state index in [2.05, 4.69) is 4.74 Å². The summed E-state index contributed by atoms with van der Waals surface area (Å²) in [5.41, 5.74) is 0. The van der Waals surface area contributed by atoms with Crippen LogP contribution in [0.3, 0.4) is 0 Å². The number of rotatable bonds is 4. The molecule has 1 aromatic carbocycles. The Labute approximate surface area is 84.3 Å². The molecule has 3 heteroatoms. The molecule has 0 heterocycles. The summed E-state index contributed by atoms with van der Waals surface area (Å²) in [4.78, 5) is 11.1. The van der Waals surface area contributed by atoms with Crippen molar-refractivity contribution < 1.29 is 21.1 Å². The third-order valence-corrected chi connectivity index (χ3v) is 1.12. The molecule has 1 aromatic rings. The van der Waals surface area contributed by atoms with Crippen LogP contribution in [0, 0.1) is 0 Å². The van der Waals surface area contributed by atoms with E-state index in [1.54, 1.807) is 6.92 Å². The average molecular weight is 185 g/mol. The lowest BCUT2D eigenvalue weighted by molar-refractivity contribution is -0.145. The van der Waals surface area contributed by atoms with E-state index in [4.69, 9.17) is 11.6 Å². The van der Waals surface area contributed by atoms with Gasteiger partial charge in [0.15, 0.2) is 6.61 Å². The highest BCUT2D eigenvalue weighted by Gasteiger charge is 2.01. The zero-order valence-corrected chi connectivity index (χ0v) is 7.14. The van der Waals surface area contributed by atoms with Gasteiger partial charge in [-0.25, -0.2) is 4.79 Å². The molecule has 3 nitrogen and oxygen atoms in total. The lowest BCUT2D eigenvalue weighted by Crippen LogP contribution is -2.14. The van der Waals surface area contributed by atoms with Gasteiger partial charge >= 0.3 is 5.97 Å². The molecule has 0 radical (unpaired) electrons. The summed E-state index contributed by atoms with van der Waals surface area (Å²) in [5.74, 6) is -1.02. The van der Waals surface area contributed by atoms with Gasteiger partial charge in [-0.15, -0.1) is 0 Å². The Bertz CT molecular complexity index is 446. The first-order valence-electron chi connectivity index (χ1n) is 6.25. The minimum absolute atomic E-state index is 0.183. The van der Waals surface area contributed by atoms with Crippen molar-refractivity contribution in [3.8, 4) is 5.75 Å². The van der Waals surface area contributed by atoms with Crippen molar-refractivity contribution >= 4 is 5.97 Å². The Morgan fingerprint density at radius 3 is 2.77 bits per heavy atom. The van der Waals surface area contributed by atoms with Crippen LogP contribution in [0.2, 0.25) is 0 Å². The minimum Gasteiger partial charge on any atom is -0.482 e. The molecule has 0 aliphatic rings. The molecule has 0 fully saturated rings. The smallest absolute Gasteiger partial charge is 0.344 e. The topological polar surface area (TPSA) is 35.5 Å². The average Bonchev–Trinajstić information content (AvgIpc) is 2.34. The van der Waals surface area contributed by atoms with Crippen LogP contribution in [0.15, 0.2) is 30.2 Å². The normalized spacial score (nSPS) is 14.7. The maximum Gasteiger partial charge on any atom is 0.344 e. The molecular formula is C10H12O3. The molecule has 0 spiro atoms. The second-order valence-electron chi connectivity index (χ2n) is 2.05. The molecule has 0 aliphatic carbocycles. The SMILES string of the molecule is [2H]c1c([2H])c([2H])c(OCC(=O)OCC)c([2H])c1[2H]. The Hall–Kier alpha value is -1.51. The highest BCUT2D eigenvalue weighted by molar-refractivity contribution is 5.71. The number of ether oxygens (including phenoxy) is 2. The van der Waals surface area contributed by atoms with Crippen LogP contribution in [0.1, 0.15) is 13.8 Å². The van der Waals surface area contributed by atoms with Crippen molar-refractivity contribution in [2.75, 3.05) is 13.2 Å². The molecule has 13 heavy (non-hydrogen) atoms. The predicted octanol–water partition coefficient (Wildman–Crippen LogP) is 1.63. The lowest BCUT2D eigenvalue weighted by atomic mass is 10.3. The fourth-order valence-electron chi connectivity index (χ4n) is 0.644. The molecule has 0 aromatic heterocycles. The second-order valence-corrected chi connectivity index (χ2v) is 2.05. The van der Waals surface area contributed by atoms with Crippen molar-refractivity contribution in [3.05, 3.63) is 30.2 Å². The number of para-hydroxylation sites is 1. The maximum atomic E-state index is 11.1. The summed E-state index contributed by atoms with van der Waals surface area (Å²) in [6.45, 7) is 1.31. The summed E-state index contributed by atoms with van der Waals surface area (Å²) in [7, 11) is 0. The fraction of sp³-hybridized carbons (Fsp3) is 0.300. The number of hydrogen-bond donors (Lipinski definition) is 0. The van der Waals surface area contributed by atoms with Gasteiger partial charge in [0.05, 0.1) is 13.5 Å². The van der Waals surface area contributed by atoms with Gasteiger partial charge in [-0.1, -0.05) is 18.1 Å². The van der Waals surface area contributed by atoms with Gasteiger partial charge in [0, 0.05) is 0 Å². The molecule has 0 saturated carbocycles. The van der Waals surface area contributed by atoms with Crippen molar-refractivity contribution in [1.29, 1.82) is 0 Å². The van der Waals surface area contributed by atoms with Gasteiger partial charge < -0.3 is 9.47 Å². The number of esters is 1. The minimum atomic E-state index is -0.663. The van der Waals surface area contributed by atoms with Crippen LogP contribution >= 0.6 is 0 Å². The molecule has 0 N–H and O–H groups in total. The molecule has 0 aliphatic heterocycles. The maximum absolute atomic E-state index is 11.1. The molecule has 0 atom stereocenters. The van der Waals surface area contributed by atoms with E-state index < -0.39 is 42.8 Å². The Balaban J connectivity index is 2.99. The van der Waals surface area contributed by atoms with Crippen LogP contribution in [-0.2, 0) is 9.53 Å². The van der Waals surface area contributed by atoms with E-state index in [0.29, 0.717) is 0 Å². The van der Waals surface area contributed by atoms with Crippen molar-refractivity contribution in [2.45, 2.75) is 6.92 Å². The van der Waals surface area contributed by atoms with Crippen molar-refractivity contribution in [3.63, 3.8) is 0 Å². The highest BCUT2D eigenvalue weighted by Crippen LogP contribution is 2.07. The van der Waals surface area contributed by atoms with Crippen molar-refractivity contribution in [1.82, 2.24) is 0 Å². The molecular weight excluding hydrogens is 168 g/mol. The van der Waals surface area contributed by atoms with E-state index in [1.807, 2.05) is 0 Å². The van der Waals surface area contributed by atoms with Gasteiger partial charge in [0.25, 0.3) is 0 Å². The summed E-state index contributed by atoms with van der Waals surface area (Å²) in [5, 5.41) is 0. The van der Waals surface area contributed by atoms with Crippen LogP contribution in [0.5, 0.6) is 5.75 Å². The molecule has 0 unspecified atom stereocenters. The fourth-order valence-corrected chi connectivity index (χ4v) is 0.644. The summed E-state index contributed by atoms with van der Waals surface area (Å²) in [6.07, 6.45) is 0. The van der Waals surface area contributed by atoms with Crippen LogP contribution in [-0.4, -0.2) is 19.2 Å². The Morgan fingerprint density at radius 1 is 1.46 bits per heavy atom. The molecule has 1 rings (SSSR count). The van der Waals surface area contributed by atoms with Crippen LogP contribution < -0.4 is 4.74 Å². The first-order valence-corrected chi connectivity index (χ1v) is 3.75. The van der Waals surface area contributed by atoms with Gasteiger partial charge in [-0.05, 0) is 19.0 Å². The second kappa shape index (κ2) is 5.19. The quantitative estimate of drug-likeness (QED) is 0.669. The van der Waals surface area contributed by atoms with Crippen LogP contribution in [0.4, 0.5) is 0 Å². The van der Waals surface area contributed by atoms with E-state index in [0.717, 1.165) is 0 Å². The Morgan fingerprint density at radius 2 is 2.15 bits per heavy atom. The largest absolute Gasteiger partial charge is 0.482 e. The molecule has 0 saturated heterocycles. The van der Waals surface area contributed by atoms with E-state index in [-0.39, 0.29) is 12.4 Å². The monoisotopic (exact) mass is 185 g/mol. The third-order valence-electron chi connectivity index (χ3n) is 1.12. The first kappa shape index (κ1) is 4.65. The van der Waals surface area contributed by atoms with Crippen LogP contribution in [0.25, 0.3) is 0 Å². The lowest BCUT2D eigenvalue weighted by Gasteiger charge is -2.04.